The van der Waals surface area contributed by atoms with E-state index in [1.54, 1.807) is 0 Å². The number of rotatable bonds is 6. The molecule has 1 aliphatic rings. The molecule has 1 aromatic heterocycles. The number of halogens is 2. The Bertz CT molecular complexity index is 444. The van der Waals surface area contributed by atoms with Gasteiger partial charge in [0.1, 0.15) is 0 Å². The second kappa shape index (κ2) is 8.51. The number of aromatic nitrogens is 1. The van der Waals surface area contributed by atoms with Crippen LogP contribution < -0.4 is 10.6 Å². The summed E-state index contributed by atoms with van der Waals surface area (Å²) in [6, 6.07) is 1.33. The largest absolute Gasteiger partial charge is 0.353 e. The van der Waals surface area contributed by atoms with Crippen LogP contribution in [0, 0.1) is 5.82 Å². The predicted molar refractivity (Wildman–Crippen MR) is 85.4 cm³/mol. The Kier molecular flexibility index (Phi) is 6.67. The van der Waals surface area contributed by atoms with Gasteiger partial charge in [0.05, 0.1) is 5.02 Å². The van der Waals surface area contributed by atoms with Crippen molar-refractivity contribution in [3.63, 3.8) is 0 Å². The van der Waals surface area contributed by atoms with Crippen molar-refractivity contribution in [3.05, 3.63) is 23.1 Å². The Hall–Kier alpha value is -0.910. The molecule has 1 aliphatic heterocycles. The average Bonchev–Trinajstić information content (AvgIpc) is 2.69. The molecule has 4 nitrogen and oxygen atoms in total. The average molecular weight is 315 g/mol. The highest BCUT2D eigenvalue weighted by molar-refractivity contribution is 6.30. The van der Waals surface area contributed by atoms with Crippen LogP contribution in [0.3, 0.4) is 0 Å². The summed E-state index contributed by atoms with van der Waals surface area (Å²) in [5.74, 6) is 0.0864. The normalized spacial score (nSPS) is 17.0. The third-order valence-electron chi connectivity index (χ3n) is 3.85. The van der Waals surface area contributed by atoms with E-state index in [1.807, 2.05) is 4.90 Å². The monoisotopic (exact) mass is 314 g/mol. The second-order valence-corrected chi connectivity index (χ2v) is 5.93. The van der Waals surface area contributed by atoms with Gasteiger partial charge in [-0.05, 0) is 45.0 Å². The van der Waals surface area contributed by atoms with Gasteiger partial charge in [0.25, 0.3) is 0 Å². The molecule has 1 aromatic rings. The van der Waals surface area contributed by atoms with Crippen LogP contribution in [-0.4, -0.2) is 49.2 Å². The first-order valence-corrected chi connectivity index (χ1v) is 8.07. The lowest BCUT2D eigenvalue weighted by Crippen LogP contribution is -2.32. The summed E-state index contributed by atoms with van der Waals surface area (Å²) in [6.07, 6.45) is 6.00. The number of unbranched alkanes of at least 4 members (excludes halogenated alkanes) is 2. The van der Waals surface area contributed by atoms with Crippen molar-refractivity contribution in [2.45, 2.75) is 25.7 Å². The number of nitrogens with zero attached hydrogens (tertiary/aromatic N) is 3. The molecule has 0 radical (unpaired) electrons. The van der Waals surface area contributed by atoms with E-state index in [9.17, 15) is 4.39 Å². The molecule has 1 fully saturated rings. The lowest BCUT2D eigenvalue weighted by molar-refractivity contribution is 0.286. The summed E-state index contributed by atoms with van der Waals surface area (Å²) < 4.78 is 13.9. The summed E-state index contributed by atoms with van der Waals surface area (Å²) in [6.45, 7) is 5.54. The van der Waals surface area contributed by atoms with E-state index in [4.69, 9.17) is 17.3 Å². The molecular formula is C15H24ClFN4. The van der Waals surface area contributed by atoms with Crippen molar-refractivity contribution >= 4 is 17.4 Å². The molecule has 0 unspecified atom stereocenters. The fourth-order valence-electron chi connectivity index (χ4n) is 2.70. The third kappa shape index (κ3) is 5.09. The Morgan fingerprint density at radius 3 is 2.81 bits per heavy atom. The molecule has 21 heavy (non-hydrogen) atoms. The Balaban J connectivity index is 1.85. The maximum absolute atomic E-state index is 13.9. The molecule has 6 heteroatoms. The van der Waals surface area contributed by atoms with Crippen LogP contribution in [0.15, 0.2) is 12.3 Å². The van der Waals surface area contributed by atoms with Gasteiger partial charge in [-0.3, -0.25) is 0 Å². The Morgan fingerprint density at radius 2 is 2.05 bits per heavy atom. The lowest BCUT2D eigenvalue weighted by Gasteiger charge is -2.23. The molecule has 2 rings (SSSR count). The molecule has 0 bridgehead atoms. The van der Waals surface area contributed by atoms with E-state index in [-0.39, 0.29) is 5.82 Å². The van der Waals surface area contributed by atoms with E-state index in [1.165, 1.54) is 25.1 Å². The molecular weight excluding hydrogens is 291 g/mol. The minimum absolute atomic E-state index is 0.334. The predicted octanol–water partition coefficient (Wildman–Crippen LogP) is 2.52. The van der Waals surface area contributed by atoms with E-state index in [2.05, 4.69) is 9.88 Å². The molecule has 0 atom stereocenters. The van der Waals surface area contributed by atoms with Crippen molar-refractivity contribution in [3.8, 4) is 0 Å². The fourth-order valence-corrected chi connectivity index (χ4v) is 2.85. The van der Waals surface area contributed by atoms with Gasteiger partial charge < -0.3 is 15.5 Å². The van der Waals surface area contributed by atoms with Crippen LogP contribution in [0.25, 0.3) is 0 Å². The van der Waals surface area contributed by atoms with Crippen molar-refractivity contribution in [1.82, 2.24) is 9.88 Å². The van der Waals surface area contributed by atoms with Gasteiger partial charge in [-0.25, -0.2) is 9.37 Å². The zero-order valence-corrected chi connectivity index (χ0v) is 13.2. The summed E-state index contributed by atoms with van der Waals surface area (Å²) in [4.78, 5) is 8.61. The fraction of sp³-hybridized carbons (Fsp3) is 0.667. The maximum Gasteiger partial charge on any atom is 0.167 e. The summed E-state index contributed by atoms with van der Waals surface area (Å²) >= 11 is 5.76. The highest BCUT2D eigenvalue weighted by atomic mass is 35.5. The number of hydrogen-bond acceptors (Lipinski definition) is 4. The van der Waals surface area contributed by atoms with Crippen LogP contribution in [0.1, 0.15) is 25.7 Å². The minimum Gasteiger partial charge on any atom is -0.353 e. The lowest BCUT2D eigenvalue weighted by atomic mass is 10.2. The van der Waals surface area contributed by atoms with E-state index < -0.39 is 0 Å². The molecule has 118 valence electrons. The van der Waals surface area contributed by atoms with Gasteiger partial charge in [-0.2, -0.15) is 0 Å². The number of hydrogen-bond donors (Lipinski definition) is 1. The molecule has 0 saturated carbocycles. The smallest absolute Gasteiger partial charge is 0.167 e. The van der Waals surface area contributed by atoms with Crippen molar-refractivity contribution in [2.75, 3.05) is 44.2 Å². The Labute approximate surface area is 131 Å². The molecule has 0 spiro atoms. The van der Waals surface area contributed by atoms with Crippen LogP contribution >= 0.6 is 11.6 Å². The van der Waals surface area contributed by atoms with Crippen molar-refractivity contribution in [1.29, 1.82) is 0 Å². The molecule has 0 amide bonds. The number of anilines is 1. The van der Waals surface area contributed by atoms with Crippen LogP contribution in [0.5, 0.6) is 0 Å². The zero-order chi connectivity index (χ0) is 15.1. The van der Waals surface area contributed by atoms with Gasteiger partial charge in [0.2, 0.25) is 0 Å². The molecule has 2 heterocycles. The van der Waals surface area contributed by atoms with E-state index in [0.29, 0.717) is 10.8 Å². The highest BCUT2D eigenvalue weighted by Crippen LogP contribution is 2.21. The van der Waals surface area contributed by atoms with Gasteiger partial charge >= 0.3 is 0 Å². The van der Waals surface area contributed by atoms with Crippen LogP contribution in [-0.2, 0) is 0 Å². The zero-order valence-electron chi connectivity index (χ0n) is 12.4. The van der Waals surface area contributed by atoms with Gasteiger partial charge in [0.15, 0.2) is 11.6 Å². The van der Waals surface area contributed by atoms with E-state index in [0.717, 1.165) is 52.1 Å². The quantitative estimate of drug-likeness (QED) is 0.820. The first-order valence-electron chi connectivity index (χ1n) is 7.69. The van der Waals surface area contributed by atoms with Crippen LogP contribution in [0.4, 0.5) is 10.2 Å². The molecule has 0 aliphatic carbocycles. The molecule has 0 aromatic carbocycles. The van der Waals surface area contributed by atoms with Gasteiger partial charge in [-0.1, -0.05) is 18.0 Å². The van der Waals surface area contributed by atoms with Crippen molar-refractivity contribution < 1.29 is 4.39 Å². The topological polar surface area (TPSA) is 45.4 Å². The first kappa shape index (κ1) is 16.5. The van der Waals surface area contributed by atoms with Gasteiger partial charge in [0, 0.05) is 25.8 Å². The highest BCUT2D eigenvalue weighted by Gasteiger charge is 2.18. The maximum atomic E-state index is 13.9. The summed E-state index contributed by atoms with van der Waals surface area (Å²) in [5.41, 5.74) is 5.51. The van der Waals surface area contributed by atoms with Crippen molar-refractivity contribution in [2.24, 2.45) is 5.73 Å². The standard InChI is InChI=1S/C15H24ClFN4/c16-13-11-14(17)15(19-12-13)21-8-4-7-20(9-10-21)6-3-1-2-5-18/h11-12H,1-10,18H2. The number of pyridine rings is 1. The summed E-state index contributed by atoms with van der Waals surface area (Å²) in [5, 5.41) is 0.340. The third-order valence-corrected chi connectivity index (χ3v) is 4.06. The van der Waals surface area contributed by atoms with Crippen LogP contribution in [0.2, 0.25) is 5.02 Å². The van der Waals surface area contributed by atoms with E-state index >= 15 is 0 Å². The second-order valence-electron chi connectivity index (χ2n) is 5.49. The molecule has 2 N–H and O–H groups in total. The minimum atomic E-state index is -0.334. The SMILES string of the molecule is NCCCCCN1CCCN(c2ncc(Cl)cc2F)CC1. The number of nitrogens with two attached hydrogens (primary N) is 1. The summed E-state index contributed by atoms with van der Waals surface area (Å²) in [7, 11) is 0. The first-order chi connectivity index (χ1) is 10.2. The molecule has 1 saturated heterocycles. The Morgan fingerprint density at radius 1 is 1.19 bits per heavy atom. The van der Waals surface area contributed by atoms with Gasteiger partial charge in [-0.15, -0.1) is 0 Å².